The van der Waals surface area contributed by atoms with Crippen molar-refractivity contribution in [2.75, 3.05) is 10.6 Å². The van der Waals surface area contributed by atoms with E-state index in [1.165, 1.54) is 0 Å². The van der Waals surface area contributed by atoms with Crippen LogP contribution >= 0.6 is 11.6 Å². The first-order valence-corrected chi connectivity index (χ1v) is 8.04. The molecule has 0 saturated carbocycles. The van der Waals surface area contributed by atoms with Gasteiger partial charge < -0.3 is 21.9 Å². The summed E-state index contributed by atoms with van der Waals surface area (Å²) in [7, 11) is 0. The number of hydrazone groups is 1. The third kappa shape index (κ3) is 4.18. The molecule has 2 aromatic carbocycles. The number of hydrogen-bond donors (Lipinski definition) is 5. The molecule has 0 unspecified atom stereocenters. The molecule has 7 N–H and O–H groups in total. The molecule has 1 heterocycles. The van der Waals surface area contributed by atoms with Gasteiger partial charge in [-0.25, -0.2) is 10.8 Å². The average Bonchev–Trinajstić information content (AvgIpc) is 2.66. The zero-order valence-electron chi connectivity index (χ0n) is 13.6. The molecule has 0 aliphatic rings. The summed E-state index contributed by atoms with van der Waals surface area (Å²) < 4.78 is 0. The maximum atomic E-state index is 6.15. The highest BCUT2D eigenvalue weighted by atomic mass is 35.5. The summed E-state index contributed by atoms with van der Waals surface area (Å²) in [4.78, 5) is 8.64. The number of halogens is 1. The second-order valence-corrected chi connectivity index (χ2v) is 5.60. The number of rotatable bonds is 5. The molecule has 0 fully saturated rings. The largest absolute Gasteiger partial charge is 0.339 e. The fourth-order valence-corrected chi connectivity index (χ4v) is 2.41. The lowest BCUT2D eigenvalue weighted by molar-refractivity contribution is 1.00. The molecule has 0 bridgehead atoms. The van der Waals surface area contributed by atoms with Crippen LogP contribution in [-0.2, 0) is 0 Å². The quantitative estimate of drug-likeness (QED) is 0.203. The second-order valence-electron chi connectivity index (χ2n) is 5.19. The van der Waals surface area contributed by atoms with E-state index in [2.05, 4.69) is 31.1 Å². The van der Waals surface area contributed by atoms with Crippen LogP contribution in [0, 0.1) is 0 Å². The normalized spacial score (nSPS) is 11.1. The Morgan fingerprint density at radius 1 is 1.00 bits per heavy atom. The summed E-state index contributed by atoms with van der Waals surface area (Å²) in [6, 6.07) is 16.5. The molecule has 0 radical (unpaired) electrons. The van der Waals surface area contributed by atoms with Crippen LogP contribution < -0.4 is 27.7 Å². The third-order valence-corrected chi connectivity index (χ3v) is 3.80. The van der Waals surface area contributed by atoms with Crippen LogP contribution in [0.25, 0.3) is 0 Å². The van der Waals surface area contributed by atoms with E-state index in [9.17, 15) is 0 Å². The van der Waals surface area contributed by atoms with Gasteiger partial charge in [0.05, 0.1) is 10.7 Å². The standard InChI is InChI=1S/C17H17ClN8/c18-13-3-1-2-4-14(13)23-15-9-10-21-17(24-15)22-12-7-5-11(6-8-12)16(25-19)26-20/h1-10H,19-20H2,(H,25,26)(H2,21,22,23,24). The van der Waals surface area contributed by atoms with Crippen LogP contribution in [0.1, 0.15) is 5.56 Å². The summed E-state index contributed by atoms with van der Waals surface area (Å²) in [5.41, 5.74) is 4.77. The minimum absolute atomic E-state index is 0.388. The van der Waals surface area contributed by atoms with Gasteiger partial charge in [-0.15, -0.1) is 0 Å². The number of nitrogens with zero attached hydrogens (tertiary/aromatic N) is 3. The van der Waals surface area contributed by atoms with Gasteiger partial charge in [0.2, 0.25) is 5.95 Å². The van der Waals surface area contributed by atoms with Crippen molar-refractivity contribution in [3.8, 4) is 0 Å². The summed E-state index contributed by atoms with van der Waals surface area (Å²) in [6.45, 7) is 0. The zero-order valence-corrected chi connectivity index (χ0v) is 14.4. The number of anilines is 4. The first-order chi connectivity index (χ1) is 12.7. The lowest BCUT2D eigenvalue weighted by Crippen LogP contribution is -2.31. The molecule has 3 rings (SSSR count). The fourth-order valence-electron chi connectivity index (χ4n) is 2.22. The van der Waals surface area contributed by atoms with Crippen molar-refractivity contribution >= 4 is 40.6 Å². The van der Waals surface area contributed by atoms with E-state index >= 15 is 0 Å². The zero-order chi connectivity index (χ0) is 18.4. The van der Waals surface area contributed by atoms with Crippen molar-refractivity contribution in [3.05, 3.63) is 71.4 Å². The van der Waals surface area contributed by atoms with Gasteiger partial charge >= 0.3 is 0 Å². The molecule has 9 heteroatoms. The molecule has 0 saturated heterocycles. The van der Waals surface area contributed by atoms with E-state index in [0.717, 1.165) is 16.9 Å². The van der Waals surface area contributed by atoms with Crippen molar-refractivity contribution in [2.24, 2.45) is 16.8 Å². The lowest BCUT2D eigenvalue weighted by Gasteiger charge is -2.10. The Balaban J connectivity index is 1.74. The van der Waals surface area contributed by atoms with Gasteiger partial charge in [0.1, 0.15) is 5.82 Å². The molecule has 3 aromatic rings. The van der Waals surface area contributed by atoms with E-state index in [0.29, 0.717) is 22.6 Å². The first kappa shape index (κ1) is 17.5. The molecule has 0 atom stereocenters. The van der Waals surface area contributed by atoms with Gasteiger partial charge in [0.25, 0.3) is 0 Å². The molecule has 8 nitrogen and oxygen atoms in total. The Bertz CT molecular complexity index is 911. The Morgan fingerprint density at radius 3 is 2.46 bits per heavy atom. The average molecular weight is 369 g/mol. The van der Waals surface area contributed by atoms with Gasteiger partial charge in [-0.2, -0.15) is 10.1 Å². The molecule has 132 valence electrons. The molecule has 0 amide bonds. The van der Waals surface area contributed by atoms with Crippen molar-refractivity contribution < 1.29 is 0 Å². The molecule has 0 aliphatic carbocycles. The van der Waals surface area contributed by atoms with Gasteiger partial charge in [0.15, 0.2) is 5.84 Å². The van der Waals surface area contributed by atoms with E-state index < -0.39 is 0 Å². The Labute approximate surface area is 155 Å². The minimum Gasteiger partial charge on any atom is -0.339 e. The van der Waals surface area contributed by atoms with Crippen LogP contribution in [0.2, 0.25) is 5.02 Å². The lowest BCUT2D eigenvalue weighted by atomic mass is 10.2. The Hall–Kier alpha value is -3.36. The first-order valence-electron chi connectivity index (χ1n) is 7.66. The van der Waals surface area contributed by atoms with Crippen LogP contribution in [0.3, 0.4) is 0 Å². The molecule has 0 aliphatic heterocycles. The van der Waals surface area contributed by atoms with Gasteiger partial charge in [-0.05, 0) is 42.5 Å². The number of nitrogens with two attached hydrogens (primary N) is 2. The monoisotopic (exact) mass is 368 g/mol. The number of hydrazine groups is 1. The minimum atomic E-state index is 0.388. The van der Waals surface area contributed by atoms with E-state index in [1.807, 2.05) is 42.5 Å². The number of benzene rings is 2. The van der Waals surface area contributed by atoms with Crippen molar-refractivity contribution in [1.29, 1.82) is 0 Å². The predicted molar refractivity (Wildman–Crippen MR) is 105 cm³/mol. The van der Waals surface area contributed by atoms with E-state index in [1.54, 1.807) is 18.3 Å². The van der Waals surface area contributed by atoms with Crippen LogP contribution in [0.5, 0.6) is 0 Å². The van der Waals surface area contributed by atoms with Crippen LogP contribution in [-0.4, -0.2) is 15.8 Å². The SMILES string of the molecule is N/N=C(\NN)c1ccc(Nc2nccc(Nc3ccccc3Cl)n2)cc1. The number of hydrogen-bond acceptors (Lipinski definition) is 7. The fraction of sp³-hybridized carbons (Fsp3) is 0. The highest BCUT2D eigenvalue weighted by Gasteiger charge is 2.05. The van der Waals surface area contributed by atoms with E-state index in [-0.39, 0.29) is 0 Å². The summed E-state index contributed by atoms with van der Waals surface area (Å²) in [6.07, 6.45) is 1.65. The third-order valence-electron chi connectivity index (χ3n) is 3.47. The number of aromatic nitrogens is 2. The summed E-state index contributed by atoms with van der Waals surface area (Å²) in [5, 5.41) is 10.5. The maximum absolute atomic E-state index is 6.15. The second kappa shape index (κ2) is 8.15. The number of amidine groups is 1. The van der Waals surface area contributed by atoms with Crippen LogP contribution in [0.15, 0.2) is 65.9 Å². The Kier molecular flexibility index (Phi) is 5.47. The van der Waals surface area contributed by atoms with E-state index in [4.69, 9.17) is 23.3 Å². The highest BCUT2D eigenvalue weighted by Crippen LogP contribution is 2.24. The topological polar surface area (TPSA) is 126 Å². The summed E-state index contributed by atoms with van der Waals surface area (Å²) >= 11 is 6.15. The molecular weight excluding hydrogens is 352 g/mol. The molecule has 0 spiro atoms. The molecule has 26 heavy (non-hydrogen) atoms. The number of para-hydroxylation sites is 1. The van der Waals surface area contributed by atoms with Crippen LogP contribution in [0.4, 0.5) is 23.1 Å². The smallest absolute Gasteiger partial charge is 0.229 e. The Morgan fingerprint density at radius 2 is 1.77 bits per heavy atom. The molecular formula is C17H17ClN8. The molecule has 1 aromatic heterocycles. The van der Waals surface area contributed by atoms with Gasteiger partial charge in [-0.3, -0.25) is 0 Å². The van der Waals surface area contributed by atoms with Gasteiger partial charge in [0, 0.05) is 17.4 Å². The highest BCUT2D eigenvalue weighted by molar-refractivity contribution is 6.33. The summed E-state index contributed by atoms with van der Waals surface area (Å²) in [5.74, 6) is 12.1. The maximum Gasteiger partial charge on any atom is 0.229 e. The van der Waals surface area contributed by atoms with Gasteiger partial charge in [-0.1, -0.05) is 23.7 Å². The van der Waals surface area contributed by atoms with Crippen molar-refractivity contribution in [2.45, 2.75) is 0 Å². The van der Waals surface area contributed by atoms with Crippen molar-refractivity contribution in [3.63, 3.8) is 0 Å². The predicted octanol–water partition coefficient (Wildman–Crippen LogP) is 2.70. The van der Waals surface area contributed by atoms with Crippen molar-refractivity contribution in [1.82, 2.24) is 15.4 Å². The number of nitrogens with one attached hydrogen (secondary N) is 3.